The normalized spacial score (nSPS) is 25.6. The number of nitrogens with one attached hydrogen (secondary N) is 1. The molecule has 1 unspecified atom stereocenters. The summed E-state index contributed by atoms with van der Waals surface area (Å²) in [6.07, 6.45) is 11.8. The maximum absolute atomic E-state index is 12.8. The molecule has 4 rings (SSSR count). The summed E-state index contributed by atoms with van der Waals surface area (Å²) in [6, 6.07) is 6.37. The van der Waals surface area contributed by atoms with Crippen molar-refractivity contribution in [3.8, 4) is 0 Å². The van der Waals surface area contributed by atoms with Crippen LogP contribution in [0.2, 0.25) is 0 Å². The van der Waals surface area contributed by atoms with Crippen molar-refractivity contribution >= 4 is 11.7 Å². The number of piperidine rings is 2. The number of aromatic nitrogens is 1. The van der Waals surface area contributed by atoms with Crippen molar-refractivity contribution in [2.45, 2.75) is 57.4 Å². The minimum absolute atomic E-state index is 0.0947. The standard InChI is InChI=1S/C22H34N4O/c27-22(19-8-5-13-26(17-19)21-9-3-4-12-23-21)24-20-10-14-25(15-11-20)16-18-6-1-2-7-18/h3-4,9,12,18-20H,1-2,5-8,10-11,13-17H2,(H,24,27). The predicted octanol–water partition coefficient (Wildman–Crippen LogP) is 3.07. The van der Waals surface area contributed by atoms with Gasteiger partial charge in [0.1, 0.15) is 5.82 Å². The quantitative estimate of drug-likeness (QED) is 0.865. The highest BCUT2D eigenvalue weighted by Crippen LogP contribution is 2.27. The topological polar surface area (TPSA) is 48.5 Å². The van der Waals surface area contributed by atoms with E-state index >= 15 is 0 Å². The fourth-order valence-electron chi connectivity index (χ4n) is 5.08. The largest absolute Gasteiger partial charge is 0.356 e. The van der Waals surface area contributed by atoms with E-state index in [0.717, 1.165) is 63.6 Å². The Bertz CT molecular complexity index is 594. The van der Waals surface area contributed by atoms with Crippen LogP contribution in [0.15, 0.2) is 24.4 Å². The Hall–Kier alpha value is -1.62. The van der Waals surface area contributed by atoms with Crippen LogP contribution in [0.4, 0.5) is 5.82 Å². The molecule has 27 heavy (non-hydrogen) atoms. The van der Waals surface area contributed by atoms with Crippen molar-refractivity contribution in [1.29, 1.82) is 0 Å². The second-order valence-electron chi connectivity index (χ2n) is 8.71. The van der Waals surface area contributed by atoms with Crippen LogP contribution >= 0.6 is 0 Å². The molecule has 148 valence electrons. The number of amides is 1. The molecule has 1 atom stereocenters. The summed E-state index contributed by atoms with van der Waals surface area (Å²) in [5.41, 5.74) is 0. The molecular weight excluding hydrogens is 336 g/mol. The molecule has 0 aromatic carbocycles. The zero-order valence-corrected chi connectivity index (χ0v) is 16.5. The Labute approximate surface area is 163 Å². The number of carbonyl (C=O) groups excluding carboxylic acids is 1. The Morgan fingerprint density at radius 1 is 1.04 bits per heavy atom. The van der Waals surface area contributed by atoms with Crippen molar-refractivity contribution in [2.75, 3.05) is 37.6 Å². The molecule has 3 aliphatic rings. The zero-order chi connectivity index (χ0) is 18.5. The SMILES string of the molecule is O=C(NC1CCN(CC2CCCC2)CC1)C1CCCN(c2ccccn2)C1. The second-order valence-corrected chi connectivity index (χ2v) is 8.71. The summed E-state index contributed by atoms with van der Waals surface area (Å²) >= 11 is 0. The van der Waals surface area contributed by atoms with E-state index in [-0.39, 0.29) is 11.8 Å². The number of nitrogens with zero attached hydrogens (tertiary/aromatic N) is 3. The van der Waals surface area contributed by atoms with E-state index in [2.05, 4.69) is 20.1 Å². The lowest BCUT2D eigenvalue weighted by Gasteiger charge is -2.36. The first kappa shape index (κ1) is 18.7. The van der Waals surface area contributed by atoms with E-state index < -0.39 is 0 Å². The fraction of sp³-hybridized carbons (Fsp3) is 0.727. The molecule has 2 saturated heterocycles. The van der Waals surface area contributed by atoms with Crippen molar-refractivity contribution in [1.82, 2.24) is 15.2 Å². The molecule has 3 fully saturated rings. The molecule has 1 N–H and O–H groups in total. The third-order valence-electron chi connectivity index (χ3n) is 6.69. The Morgan fingerprint density at radius 2 is 1.85 bits per heavy atom. The number of anilines is 1. The van der Waals surface area contributed by atoms with Gasteiger partial charge in [-0.15, -0.1) is 0 Å². The van der Waals surface area contributed by atoms with Gasteiger partial charge in [-0.05, 0) is 56.6 Å². The predicted molar refractivity (Wildman–Crippen MR) is 109 cm³/mol. The Kier molecular flexibility index (Phi) is 6.28. The van der Waals surface area contributed by atoms with E-state index in [9.17, 15) is 4.79 Å². The number of hydrogen-bond acceptors (Lipinski definition) is 4. The van der Waals surface area contributed by atoms with Gasteiger partial charge in [0.05, 0.1) is 5.92 Å². The molecule has 5 heteroatoms. The molecule has 0 spiro atoms. The van der Waals surface area contributed by atoms with Crippen LogP contribution in [0.25, 0.3) is 0 Å². The maximum Gasteiger partial charge on any atom is 0.225 e. The fourth-order valence-corrected chi connectivity index (χ4v) is 5.08. The van der Waals surface area contributed by atoms with Crippen molar-refractivity contribution in [3.63, 3.8) is 0 Å². The lowest BCUT2D eigenvalue weighted by atomic mass is 9.95. The summed E-state index contributed by atoms with van der Waals surface area (Å²) in [5.74, 6) is 2.27. The van der Waals surface area contributed by atoms with Gasteiger partial charge < -0.3 is 15.1 Å². The van der Waals surface area contributed by atoms with Crippen molar-refractivity contribution < 1.29 is 4.79 Å². The Morgan fingerprint density at radius 3 is 2.59 bits per heavy atom. The van der Waals surface area contributed by atoms with E-state index in [1.165, 1.54) is 32.2 Å². The highest BCUT2D eigenvalue weighted by Gasteiger charge is 2.29. The van der Waals surface area contributed by atoms with Gasteiger partial charge in [0.25, 0.3) is 0 Å². The number of pyridine rings is 1. The van der Waals surface area contributed by atoms with Gasteiger partial charge in [-0.3, -0.25) is 4.79 Å². The van der Waals surface area contributed by atoms with Crippen molar-refractivity contribution in [3.05, 3.63) is 24.4 Å². The van der Waals surface area contributed by atoms with Gasteiger partial charge in [-0.2, -0.15) is 0 Å². The van der Waals surface area contributed by atoms with Crippen molar-refractivity contribution in [2.24, 2.45) is 11.8 Å². The Balaban J connectivity index is 1.22. The lowest BCUT2D eigenvalue weighted by molar-refractivity contribution is -0.126. The van der Waals surface area contributed by atoms with E-state index in [1.54, 1.807) is 0 Å². The maximum atomic E-state index is 12.8. The van der Waals surface area contributed by atoms with Gasteiger partial charge in [-0.25, -0.2) is 4.98 Å². The molecule has 3 heterocycles. The molecule has 1 saturated carbocycles. The average Bonchev–Trinajstić information content (AvgIpc) is 3.23. The smallest absolute Gasteiger partial charge is 0.225 e. The summed E-state index contributed by atoms with van der Waals surface area (Å²) in [6.45, 7) is 5.37. The third kappa shape index (κ3) is 5.01. The molecule has 5 nitrogen and oxygen atoms in total. The van der Waals surface area contributed by atoms with Gasteiger partial charge in [0, 0.05) is 45.0 Å². The summed E-state index contributed by atoms with van der Waals surface area (Å²) < 4.78 is 0. The monoisotopic (exact) mass is 370 g/mol. The molecule has 2 aliphatic heterocycles. The first-order valence-electron chi connectivity index (χ1n) is 11.0. The lowest BCUT2D eigenvalue weighted by Crippen LogP contribution is -2.49. The molecular formula is C22H34N4O. The van der Waals surface area contributed by atoms with E-state index in [1.807, 2.05) is 24.4 Å². The van der Waals surface area contributed by atoms with Gasteiger partial charge in [0.2, 0.25) is 5.91 Å². The molecule has 1 aromatic heterocycles. The van der Waals surface area contributed by atoms with Crippen LogP contribution in [0.5, 0.6) is 0 Å². The first-order chi connectivity index (χ1) is 13.3. The van der Waals surface area contributed by atoms with Crippen LogP contribution < -0.4 is 10.2 Å². The van der Waals surface area contributed by atoms with E-state index in [4.69, 9.17) is 0 Å². The highest BCUT2D eigenvalue weighted by molar-refractivity contribution is 5.79. The molecule has 0 bridgehead atoms. The van der Waals surface area contributed by atoms with E-state index in [0.29, 0.717) is 6.04 Å². The van der Waals surface area contributed by atoms with Crippen LogP contribution in [-0.2, 0) is 4.79 Å². The zero-order valence-electron chi connectivity index (χ0n) is 16.5. The van der Waals surface area contributed by atoms with Crippen LogP contribution in [0.1, 0.15) is 51.4 Å². The summed E-state index contributed by atoms with van der Waals surface area (Å²) in [7, 11) is 0. The minimum atomic E-state index is 0.0947. The van der Waals surface area contributed by atoms with Crippen LogP contribution in [0, 0.1) is 11.8 Å². The number of likely N-dealkylation sites (tertiary alicyclic amines) is 1. The number of carbonyl (C=O) groups is 1. The number of rotatable bonds is 5. The van der Waals surface area contributed by atoms with Crippen LogP contribution in [0.3, 0.4) is 0 Å². The van der Waals surface area contributed by atoms with Gasteiger partial charge >= 0.3 is 0 Å². The first-order valence-corrected chi connectivity index (χ1v) is 11.0. The van der Waals surface area contributed by atoms with Gasteiger partial charge in [0.15, 0.2) is 0 Å². The second kappa shape index (κ2) is 9.05. The molecule has 1 aromatic rings. The number of hydrogen-bond donors (Lipinski definition) is 1. The molecule has 0 radical (unpaired) electrons. The summed E-state index contributed by atoms with van der Waals surface area (Å²) in [5, 5.41) is 3.36. The minimum Gasteiger partial charge on any atom is -0.356 e. The van der Waals surface area contributed by atoms with Crippen LogP contribution in [-0.4, -0.2) is 54.6 Å². The third-order valence-corrected chi connectivity index (χ3v) is 6.69. The van der Waals surface area contributed by atoms with Gasteiger partial charge in [-0.1, -0.05) is 18.9 Å². The molecule has 1 aliphatic carbocycles. The average molecular weight is 371 g/mol. The molecule has 1 amide bonds. The summed E-state index contributed by atoms with van der Waals surface area (Å²) in [4.78, 5) is 22.2. The highest BCUT2D eigenvalue weighted by atomic mass is 16.2.